The lowest BCUT2D eigenvalue weighted by Gasteiger charge is -2.30. The third-order valence-corrected chi connectivity index (χ3v) is 2.72. The number of carbonyl (C=O) groups is 2. The molecule has 8 heteroatoms. The Balaban J connectivity index is 1.83. The van der Waals surface area contributed by atoms with Crippen LogP contribution in [0.4, 0.5) is 0 Å². The van der Waals surface area contributed by atoms with E-state index in [9.17, 15) is 9.59 Å². The Morgan fingerprint density at radius 2 is 2.33 bits per heavy atom. The second kappa shape index (κ2) is 5.58. The summed E-state index contributed by atoms with van der Waals surface area (Å²) in [6.07, 6.45) is 2.29. The number of nitrogens with zero attached hydrogens (tertiary/aromatic N) is 4. The van der Waals surface area contributed by atoms with E-state index in [1.54, 1.807) is 4.68 Å². The van der Waals surface area contributed by atoms with Gasteiger partial charge in [0.15, 0.2) is 6.10 Å². The first-order valence-corrected chi connectivity index (χ1v) is 5.61. The van der Waals surface area contributed by atoms with Gasteiger partial charge in [0.25, 0.3) is 0 Å². The number of morpholine rings is 1. The van der Waals surface area contributed by atoms with Gasteiger partial charge in [-0.15, -0.1) is 0 Å². The van der Waals surface area contributed by atoms with Gasteiger partial charge in [-0.25, -0.2) is 9.78 Å². The average Bonchev–Trinajstić information content (AvgIpc) is 2.89. The van der Waals surface area contributed by atoms with Crippen LogP contribution in [0.25, 0.3) is 0 Å². The Morgan fingerprint density at radius 1 is 1.50 bits per heavy atom. The molecule has 1 N–H and O–H groups in total. The van der Waals surface area contributed by atoms with Gasteiger partial charge < -0.3 is 14.7 Å². The Hall–Kier alpha value is -1.96. The van der Waals surface area contributed by atoms with Crippen LogP contribution in [0.15, 0.2) is 12.7 Å². The van der Waals surface area contributed by atoms with Crippen LogP contribution in [0.2, 0.25) is 0 Å². The van der Waals surface area contributed by atoms with Crippen LogP contribution in [0.1, 0.15) is 6.42 Å². The number of carbonyl (C=O) groups excluding carboxylic acids is 1. The number of aliphatic carboxylic acids is 1. The minimum atomic E-state index is -1.04. The van der Waals surface area contributed by atoms with Gasteiger partial charge in [-0.05, 0) is 0 Å². The summed E-state index contributed by atoms with van der Waals surface area (Å²) in [4.78, 5) is 27.9. The highest BCUT2D eigenvalue weighted by molar-refractivity contribution is 5.78. The number of ether oxygens (including phenoxy) is 1. The fraction of sp³-hybridized carbons (Fsp3) is 0.600. The van der Waals surface area contributed by atoms with Crippen molar-refractivity contribution < 1.29 is 19.4 Å². The second-order valence-electron chi connectivity index (χ2n) is 3.95. The Labute approximate surface area is 103 Å². The summed E-state index contributed by atoms with van der Waals surface area (Å²) in [5.74, 6) is -1.14. The van der Waals surface area contributed by atoms with Crippen LogP contribution >= 0.6 is 0 Å². The molecule has 2 heterocycles. The standard InChI is InChI=1S/C10H14N4O4/c15-9(1-2-14-7-11-6-12-14)13-3-4-18-8(5-13)10(16)17/h6-8H,1-5H2,(H,16,17). The predicted octanol–water partition coefficient (Wildman–Crippen LogP) is -1.02. The van der Waals surface area contributed by atoms with E-state index in [0.717, 1.165) is 0 Å². The van der Waals surface area contributed by atoms with E-state index in [0.29, 0.717) is 13.1 Å². The van der Waals surface area contributed by atoms with Gasteiger partial charge in [-0.1, -0.05) is 0 Å². The molecule has 0 spiro atoms. The van der Waals surface area contributed by atoms with E-state index in [1.165, 1.54) is 17.6 Å². The Kier molecular flexibility index (Phi) is 3.88. The predicted molar refractivity (Wildman–Crippen MR) is 58.6 cm³/mol. The van der Waals surface area contributed by atoms with Gasteiger partial charge in [0.1, 0.15) is 12.7 Å². The minimum absolute atomic E-state index is 0.0972. The van der Waals surface area contributed by atoms with Crippen LogP contribution in [0.3, 0.4) is 0 Å². The molecule has 0 bridgehead atoms. The number of aromatic nitrogens is 3. The van der Waals surface area contributed by atoms with Crippen molar-refractivity contribution in [1.82, 2.24) is 19.7 Å². The second-order valence-corrected chi connectivity index (χ2v) is 3.95. The van der Waals surface area contributed by atoms with Gasteiger partial charge in [-0.2, -0.15) is 5.10 Å². The van der Waals surface area contributed by atoms with Crippen LogP contribution in [0, 0.1) is 0 Å². The average molecular weight is 254 g/mol. The molecule has 0 aliphatic carbocycles. The number of amides is 1. The van der Waals surface area contributed by atoms with E-state index in [-0.39, 0.29) is 25.5 Å². The highest BCUT2D eigenvalue weighted by Gasteiger charge is 2.28. The van der Waals surface area contributed by atoms with Gasteiger partial charge in [0.2, 0.25) is 5.91 Å². The Morgan fingerprint density at radius 3 is 3.00 bits per heavy atom. The Bertz CT molecular complexity index is 420. The molecular weight excluding hydrogens is 240 g/mol. The lowest BCUT2D eigenvalue weighted by atomic mass is 10.2. The van der Waals surface area contributed by atoms with Crippen molar-refractivity contribution in [2.75, 3.05) is 19.7 Å². The van der Waals surface area contributed by atoms with E-state index < -0.39 is 12.1 Å². The molecule has 1 amide bonds. The van der Waals surface area contributed by atoms with E-state index in [2.05, 4.69) is 10.1 Å². The van der Waals surface area contributed by atoms with Crippen molar-refractivity contribution in [2.24, 2.45) is 0 Å². The zero-order valence-electron chi connectivity index (χ0n) is 9.73. The maximum absolute atomic E-state index is 11.9. The summed E-state index contributed by atoms with van der Waals surface area (Å²) in [5, 5.41) is 12.7. The first-order chi connectivity index (χ1) is 8.66. The number of hydrogen-bond donors (Lipinski definition) is 1. The first kappa shape index (κ1) is 12.5. The van der Waals surface area contributed by atoms with E-state index in [1.807, 2.05) is 0 Å². The van der Waals surface area contributed by atoms with Crippen LogP contribution in [0.5, 0.6) is 0 Å². The molecule has 1 aromatic rings. The fourth-order valence-electron chi connectivity index (χ4n) is 1.74. The molecule has 1 fully saturated rings. The molecule has 0 aromatic carbocycles. The van der Waals surface area contributed by atoms with Crippen molar-refractivity contribution in [3.8, 4) is 0 Å². The molecule has 1 unspecified atom stereocenters. The normalized spacial score (nSPS) is 19.8. The summed E-state index contributed by atoms with van der Waals surface area (Å²) in [6, 6.07) is 0. The fourth-order valence-corrected chi connectivity index (χ4v) is 1.74. The summed E-state index contributed by atoms with van der Waals surface area (Å²) in [6.45, 7) is 1.23. The van der Waals surface area contributed by atoms with Crippen molar-refractivity contribution in [3.63, 3.8) is 0 Å². The van der Waals surface area contributed by atoms with Crippen molar-refractivity contribution in [2.45, 2.75) is 19.1 Å². The number of hydrogen-bond acceptors (Lipinski definition) is 5. The third-order valence-electron chi connectivity index (χ3n) is 2.72. The molecule has 98 valence electrons. The molecule has 1 aromatic heterocycles. The largest absolute Gasteiger partial charge is 0.479 e. The number of rotatable bonds is 4. The smallest absolute Gasteiger partial charge is 0.334 e. The lowest BCUT2D eigenvalue weighted by molar-refractivity contribution is -0.159. The van der Waals surface area contributed by atoms with Crippen LogP contribution in [-0.2, 0) is 20.9 Å². The van der Waals surface area contributed by atoms with Crippen molar-refractivity contribution >= 4 is 11.9 Å². The summed E-state index contributed by atoms with van der Waals surface area (Å²) >= 11 is 0. The highest BCUT2D eigenvalue weighted by Crippen LogP contribution is 2.07. The van der Waals surface area contributed by atoms with E-state index >= 15 is 0 Å². The molecule has 0 saturated carbocycles. The van der Waals surface area contributed by atoms with Crippen LogP contribution in [-0.4, -0.2) is 62.4 Å². The molecule has 18 heavy (non-hydrogen) atoms. The van der Waals surface area contributed by atoms with Gasteiger partial charge in [-0.3, -0.25) is 9.48 Å². The lowest BCUT2D eigenvalue weighted by Crippen LogP contribution is -2.48. The molecule has 0 radical (unpaired) electrons. The summed E-state index contributed by atoms with van der Waals surface area (Å²) in [7, 11) is 0. The zero-order valence-corrected chi connectivity index (χ0v) is 9.73. The summed E-state index contributed by atoms with van der Waals surface area (Å²) in [5.41, 5.74) is 0. The van der Waals surface area contributed by atoms with Gasteiger partial charge >= 0.3 is 5.97 Å². The quantitative estimate of drug-likeness (QED) is 0.738. The maximum atomic E-state index is 11.9. The van der Waals surface area contributed by atoms with Gasteiger partial charge in [0.05, 0.1) is 19.7 Å². The number of carboxylic acids is 1. The SMILES string of the molecule is O=C(O)C1CN(C(=O)CCn2cncn2)CCO1. The number of carboxylic acid groups (broad SMARTS) is 1. The minimum Gasteiger partial charge on any atom is -0.479 e. The highest BCUT2D eigenvalue weighted by atomic mass is 16.5. The maximum Gasteiger partial charge on any atom is 0.334 e. The molecule has 1 aliphatic rings. The van der Waals surface area contributed by atoms with Crippen LogP contribution < -0.4 is 0 Å². The molecule has 1 aliphatic heterocycles. The first-order valence-electron chi connectivity index (χ1n) is 5.61. The molecule has 1 atom stereocenters. The summed E-state index contributed by atoms with van der Waals surface area (Å²) < 4.78 is 6.61. The van der Waals surface area contributed by atoms with E-state index in [4.69, 9.17) is 9.84 Å². The molecule has 8 nitrogen and oxygen atoms in total. The number of aryl methyl sites for hydroxylation is 1. The van der Waals surface area contributed by atoms with Crippen molar-refractivity contribution in [1.29, 1.82) is 0 Å². The monoisotopic (exact) mass is 254 g/mol. The molecule has 2 rings (SSSR count). The third kappa shape index (κ3) is 3.04. The van der Waals surface area contributed by atoms with Crippen molar-refractivity contribution in [3.05, 3.63) is 12.7 Å². The van der Waals surface area contributed by atoms with Gasteiger partial charge in [0, 0.05) is 13.0 Å². The zero-order chi connectivity index (χ0) is 13.0. The molecular formula is C10H14N4O4. The molecule has 1 saturated heterocycles. The topological polar surface area (TPSA) is 97.6 Å².